The van der Waals surface area contributed by atoms with Gasteiger partial charge in [0.15, 0.2) is 5.11 Å². The van der Waals surface area contributed by atoms with Crippen LogP contribution in [-0.4, -0.2) is 24.3 Å². The topological polar surface area (TPSA) is 59.6 Å². The normalized spacial score (nSPS) is 17.4. The molecule has 0 spiro atoms. The summed E-state index contributed by atoms with van der Waals surface area (Å²) in [6.45, 7) is 8.68. The zero-order chi connectivity index (χ0) is 17.7. The van der Waals surface area contributed by atoms with E-state index in [1.54, 1.807) is 0 Å². The first-order valence-corrected chi connectivity index (χ1v) is 8.52. The Morgan fingerprint density at radius 3 is 2.71 bits per heavy atom. The molecule has 130 valence electrons. The van der Waals surface area contributed by atoms with E-state index >= 15 is 0 Å². The van der Waals surface area contributed by atoms with E-state index in [0.29, 0.717) is 29.6 Å². The number of benzene rings is 1. The van der Waals surface area contributed by atoms with Gasteiger partial charge < -0.3 is 20.1 Å². The van der Waals surface area contributed by atoms with Crippen LogP contribution in [0.2, 0.25) is 0 Å². The standard InChI is InChI=1S/C18H24N2O3S/c1-5-22-14-9-7-6-8-13(14)16-15(12(4)19-18(24)20-16)17(21)23-10-11(2)3/h6-9,11,16H,5,10H2,1-4H3,(H2,19,20,24)/t16-/m0/s1. The van der Waals surface area contributed by atoms with Crippen molar-refractivity contribution < 1.29 is 14.3 Å². The summed E-state index contributed by atoms with van der Waals surface area (Å²) in [4.78, 5) is 12.6. The highest BCUT2D eigenvalue weighted by Crippen LogP contribution is 2.33. The van der Waals surface area contributed by atoms with Gasteiger partial charge in [-0.25, -0.2) is 4.79 Å². The molecular formula is C18H24N2O3S. The summed E-state index contributed by atoms with van der Waals surface area (Å²) < 4.78 is 11.1. The summed E-state index contributed by atoms with van der Waals surface area (Å²) in [5.41, 5.74) is 2.08. The fraction of sp³-hybridized carbons (Fsp3) is 0.444. The first-order chi connectivity index (χ1) is 11.4. The molecule has 2 N–H and O–H groups in total. The van der Waals surface area contributed by atoms with Crippen LogP contribution in [0.15, 0.2) is 35.5 Å². The van der Waals surface area contributed by atoms with E-state index in [1.165, 1.54) is 0 Å². The molecule has 1 aliphatic rings. The Hall–Kier alpha value is -2.08. The Kier molecular flexibility index (Phi) is 6.20. The maximum atomic E-state index is 12.6. The SMILES string of the molecule is CCOc1ccccc1[C@@H]1NC(=S)NC(C)=C1C(=O)OCC(C)C. The summed E-state index contributed by atoms with van der Waals surface area (Å²) >= 11 is 5.26. The molecule has 6 heteroatoms. The van der Waals surface area contributed by atoms with Gasteiger partial charge in [-0.3, -0.25) is 0 Å². The van der Waals surface area contributed by atoms with Crippen molar-refractivity contribution in [3.8, 4) is 5.75 Å². The fourth-order valence-electron chi connectivity index (χ4n) is 2.52. The highest BCUT2D eigenvalue weighted by molar-refractivity contribution is 7.80. The van der Waals surface area contributed by atoms with Crippen molar-refractivity contribution in [2.75, 3.05) is 13.2 Å². The van der Waals surface area contributed by atoms with E-state index in [0.717, 1.165) is 11.3 Å². The molecule has 0 unspecified atom stereocenters. The van der Waals surface area contributed by atoms with Gasteiger partial charge in [0.2, 0.25) is 0 Å². The lowest BCUT2D eigenvalue weighted by molar-refractivity contribution is -0.140. The van der Waals surface area contributed by atoms with Crippen LogP contribution in [0.3, 0.4) is 0 Å². The van der Waals surface area contributed by atoms with Crippen LogP contribution in [0, 0.1) is 5.92 Å². The number of nitrogens with one attached hydrogen (secondary N) is 2. The highest BCUT2D eigenvalue weighted by Gasteiger charge is 2.32. The number of carbonyl (C=O) groups is 1. The molecule has 0 aromatic heterocycles. The third kappa shape index (κ3) is 4.26. The molecule has 0 bridgehead atoms. The van der Waals surface area contributed by atoms with Crippen LogP contribution in [0.25, 0.3) is 0 Å². The number of ether oxygens (including phenoxy) is 2. The molecule has 0 amide bonds. The minimum Gasteiger partial charge on any atom is -0.494 e. The smallest absolute Gasteiger partial charge is 0.338 e. The summed E-state index contributed by atoms with van der Waals surface area (Å²) in [6, 6.07) is 7.23. The predicted octanol–water partition coefficient (Wildman–Crippen LogP) is 3.08. The largest absolute Gasteiger partial charge is 0.494 e. The maximum Gasteiger partial charge on any atom is 0.338 e. The highest BCUT2D eigenvalue weighted by atomic mass is 32.1. The van der Waals surface area contributed by atoms with Crippen LogP contribution in [0.4, 0.5) is 0 Å². The predicted molar refractivity (Wildman–Crippen MR) is 97.7 cm³/mol. The summed E-state index contributed by atoms with van der Waals surface area (Å²) in [5, 5.41) is 6.65. The van der Waals surface area contributed by atoms with Crippen molar-refractivity contribution in [1.82, 2.24) is 10.6 Å². The van der Waals surface area contributed by atoms with Gasteiger partial charge in [-0.15, -0.1) is 0 Å². The van der Waals surface area contributed by atoms with E-state index in [-0.39, 0.29) is 11.9 Å². The van der Waals surface area contributed by atoms with Crippen molar-refractivity contribution in [2.24, 2.45) is 5.92 Å². The van der Waals surface area contributed by atoms with E-state index in [9.17, 15) is 4.79 Å². The molecule has 1 aromatic carbocycles. The van der Waals surface area contributed by atoms with Gasteiger partial charge in [0.25, 0.3) is 0 Å². The third-order valence-corrected chi connectivity index (χ3v) is 3.79. The Morgan fingerprint density at radius 1 is 1.33 bits per heavy atom. The number of carbonyl (C=O) groups excluding carboxylic acids is 1. The molecule has 1 aliphatic heterocycles. The second-order valence-corrected chi connectivity index (χ2v) is 6.44. The quantitative estimate of drug-likeness (QED) is 0.609. The van der Waals surface area contributed by atoms with Gasteiger partial charge in [-0.1, -0.05) is 32.0 Å². The average molecular weight is 348 g/mol. The van der Waals surface area contributed by atoms with Crippen molar-refractivity contribution in [3.63, 3.8) is 0 Å². The number of hydrogen-bond donors (Lipinski definition) is 2. The summed E-state index contributed by atoms with van der Waals surface area (Å²) in [6.07, 6.45) is 0. The van der Waals surface area contributed by atoms with Crippen LogP contribution >= 0.6 is 12.2 Å². The average Bonchev–Trinajstić information content (AvgIpc) is 2.52. The van der Waals surface area contributed by atoms with E-state index in [4.69, 9.17) is 21.7 Å². The first kappa shape index (κ1) is 18.3. The summed E-state index contributed by atoms with van der Waals surface area (Å²) in [5.74, 6) is 0.652. The molecule has 0 saturated heterocycles. The Labute approximate surface area is 148 Å². The minimum absolute atomic E-state index is 0.273. The number of para-hydroxylation sites is 1. The number of thiocarbonyl (C=S) groups is 1. The van der Waals surface area contributed by atoms with Crippen LogP contribution in [-0.2, 0) is 9.53 Å². The van der Waals surface area contributed by atoms with Crippen molar-refractivity contribution >= 4 is 23.3 Å². The monoisotopic (exact) mass is 348 g/mol. The number of rotatable bonds is 6. The molecular weight excluding hydrogens is 324 g/mol. The molecule has 24 heavy (non-hydrogen) atoms. The molecule has 0 fully saturated rings. The molecule has 0 aliphatic carbocycles. The lowest BCUT2D eigenvalue weighted by Crippen LogP contribution is -2.45. The summed E-state index contributed by atoms with van der Waals surface area (Å²) in [7, 11) is 0. The van der Waals surface area contributed by atoms with Gasteiger partial charge in [0.1, 0.15) is 5.75 Å². The second-order valence-electron chi connectivity index (χ2n) is 6.03. The van der Waals surface area contributed by atoms with Crippen LogP contribution in [0.1, 0.15) is 39.3 Å². The molecule has 0 radical (unpaired) electrons. The molecule has 1 aromatic rings. The van der Waals surface area contributed by atoms with E-state index in [2.05, 4.69) is 10.6 Å². The van der Waals surface area contributed by atoms with E-state index in [1.807, 2.05) is 52.0 Å². The minimum atomic E-state index is -0.402. The Morgan fingerprint density at radius 2 is 2.04 bits per heavy atom. The molecule has 2 rings (SSSR count). The molecule has 1 heterocycles. The van der Waals surface area contributed by atoms with E-state index < -0.39 is 6.04 Å². The maximum absolute atomic E-state index is 12.6. The van der Waals surface area contributed by atoms with Crippen molar-refractivity contribution in [1.29, 1.82) is 0 Å². The van der Waals surface area contributed by atoms with Gasteiger partial charge in [-0.2, -0.15) is 0 Å². The van der Waals surface area contributed by atoms with Gasteiger partial charge >= 0.3 is 5.97 Å². The van der Waals surface area contributed by atoms with Gasteiger partial charge in [0, 0.05) is 11.3 Å². The molecule has 0 saturated carbocycles. The van der Waals surface area contributed by atoms with Gasteiger partial charge in [0.05, 0.1) is 24.8 Å². The number of hydrogen-bond acceptors (Lipinski definition) is 4. The van der Waals surface area contributed by atoms with Gasteiger partial charge in [-0.05, 0) is 38.0 Å². The first-order valence-electron chi connectivity index (χ1n) is 8.11. The third-order valence-electron chi connectivity index (χ3n) is 3.57. The molecule has 5 nitrogen and oxygen atoms in total. The van der Waals surface area contributed by atoms with Crippen LogP contribution < -0.4 is 15.4 Å². The molecule has 1 atom stereocenters. The van der Waals surface area contributed by atoms with Crippen LogP contribution in [0.5, 0.6) is 5.75 Å². The number of allylic oxidation sites excluding steroid dienone is 1. The zero-order valence-corrected chi connectivity index (χ0v) is 15.3. The van der Waals surface area contributed by atoms with Crippen molar-refractivity contribution in [3.05, 3.63) is 41.1 Å². The van der Waals surface area contributed by atoms with Crippen molar-refractivity contribution in [2.45, 2.75) is 33.7 Å². The number of esters is 1. The Balaban J connectivity index is 2.40. The Bertz CT molecular complexity index is 655. The fourth-order valence-corrected chi connectivity index (χ4v) is 2.79. The lowest BCUT2D eigenvalue weighted by atomic mass is 9.95. The zero-order valence-electron chi connectivity index (χ0n) is 14.5. The second kappa shape index (κ2) is 8.15. The lowest BCUT2D eigenvalue weighted by Gasteiger charge is -2.30.